The van der Waals surface area contributed by atoms with Crippen molar-refractivity contribution in [1.29, 1.82) is 0 Å². The molecule has 126 valence electrons. The number of halogens is 1. The molecule has 1 aliphatic rings. The number of benzene rings is 1. The van der Waals surface area contributed by atoms with Gasteiger partial charge >= 0.3 is 0 Å². The van der Waals surface area contributed by atoms with Crippen molar-refractivity contribution in [2.75, 3.05) is 31.6 Å². The van der Waals surface area contributed by atoms with E-state index >= 15 is 0 Å². The first-order valence-corrected chi connectivity index (χ1v) is 7.78. The van der Waals surface area contributed by atoms with Crippen LogP contribution in [-0.4, -0.2) is 47.1 Å². The molecule has 0 spiro atoms. The SMILES string of the molecule is CC1(CO)CCCN(CC(=O)Nc2ccc(Cl)cc2[N+](=O)[O-])C1. The summed E-state index contributed by atoms with van der Waals surface area (Å²) in [7, 11) is 0. The van der Waals surface area contributed by atoms with Gasteiger partial charge in [0.2, 0.25) is 5.91 Å². The molecule has 7 nitrogen and oxygen atoms in total. The Kier molecular flexibility index (Phi) is 5.56. The highest BCUT2D eigenvalue weighted by molar-refractivity contribution is 6.31. The van der Waals surface area contributed by atoms with Gasteiger partial charge in [0.25, 0.3) is 5.69 Å². The first-order chi connectivity index (χ1) is 10.8. The summed E-state index contributed by atoms with van der Waals surface area (Å²) in [5.74, 6) is -0.322. The second-order valence-corrected chi connectivity index (χ2v) is 6.69. The van der Waals surface area contributed by atoms with Gasteiger partial charge in [0.15, 0.2) is 0 Å². The lowest BCUT2D eigenvalue weighted by atomic mass is 9.83. The van der Waals surface area contributed by atoms with Crippen LogP contribution in [0.15, 0.2) is 18.2 Å². The number of aliphatic hydroxyl groups excluding tert-OH is 1. The fourth-order valence-electron chi connectivity index (χ4n) is 2.85. The first-order valence-electron chi connectivity index (χ1n) is 7.40. The number of nitro benzene ring substituents is 1. The Balaban J connectivity index is 2.01. The molecule has 1 saturated heterocycles. The standard InChI is InChI=1S/C15H20ClN3O4/c1-15(10-20)5-2-6-18(9-15)8-14(21)17-12-4-3-11(16)7-13(12)19(22)23/h3-4,7,20H,2,5-6,8-10H2,1H3,(H,17,21). The molecule has 0 aromatic heterocycles. The second-order valence-electron chi connectivity index (χ2n) is 6.25. The van der Waals surface area contributed by atoms with Crippen LogP contribution in [0, 0.1) is 15.5 Å². The number of nitrogens with zero attached hydrogens (tertiary/aromatic N) is 2. The molecule has 0 aliphatic carbocycles. The molecule has 1 heterocycles. The number of rotatable bonds is 5. The Morgan fingerprint density at radius 2 is 2.30 bits per heavy atom. The smallest absolute Gasteiger partial charge is 0.294 e. The van der Waals surface area contributed by atoms with E-state index in [9.17, 15) is 20.0 Å². The molecule has 1 unspecified atom stereocenters. The number of anilines is 1. The fraction of sp³-hybridized carbons (Fsp3) is 0.533. The second kappa shape index (κ2) is 7.25. The molecule has 1 amide bonds. The highest BCUT2D eigenvalue weighted by atomic mass is 35.5. The van der Waals surface area contributed by atoms with E-state index in [0.717, 1.165) is 19.4 Å². The third-order valence-electron chi connectivity index (χ3n) is 4.04. The first kappa shape index (κ1) is 17.7. The van der Waals surface area contributed by atoms with Crippen LogP contribution in [0.4, 0.5) is 11.4 Å². The zero-order chi connectivity index (χ0) is 17.0. The third-order valence-corrected chi connectivity index (χ3v) is 4.27. The van der Waals surface area contributed by atoms with E-state index in [1.165, 1.54) is 18.2 Å². The highest BCUT2D eigenvalue weighted by Crippen LogP contribution is 2.29. The van der Waals surface area contributed by atoms with Crippen LogP contribution in [0.1, 0.15) is 19.8 Å². The van der Waals surface area contributed by atoms with Gasteiger partial charge in [-0.3, -0.25) is 19.8 Å². The summed E-state index contributed by atoms with van der Waals surface area (Å²) < 4.78 is 0. The molecule has 1 aliphatic heterocycles. The summed E-state index contributed by atoms with van der Waals surface area (Å²) in [5.41, 5.74) is -0.304. The van der Waals surface area contributed by atoms with Gasteiger partial charge in [0.1, 0.15) is 5.69 Å². The Bertz CT molecular complexity index is 610. The molecule has 0 saturated carbocycles. The van der Waals surface area contributed by atoms with Crippen LogP contribution in [0.25, 0.3) is 0 Å². The Hall–Kier alpha value is -1.70. The maximum absolute atomic E-state index is 12.2. The zero-order valence-corrected chi connectivity index (χ0v) is 13.7. The predicted molar refractivity (Wildman–Crippen MR) is 87.6 cm³/mol. The molecule has 1 atom stereocenters. The number of nitro groups is 1. The molecular weight excluding hydrogens is 322 g/mol. The maximum atomic E-state index is 12.2. The fourth-order valence-corrected chi connectivity index (χ4v) is 3.01. The van der Waals surface area contributed by atoms with Crippen molar-refractivity contribution in [2.24, 2.45) is 5.41 Å². The highest BCUT2D eigenvalue weighted by Gasteiger charge is 2.31. The van der Waals surface area contributed by atoms with Crippen LogP contribution in [0.3, 0.4) is 0 Å². The van der Waals surface area contributed by atoms with Crippen LogP contribution < -0.4 is 5.32 Å². The molecule has 1 fully saturated rings. The molecule has 0 bridgehead atoms. The maximum Gasteiger partial charge on any atom is 0.294 e. The van der Waals surface area contributed by atoms with Crippen molar-refractivity contribution >= 4 is 28.9 Å². The largest absolute Gasteiger partial charge is 0.396 e. The van der Waals surface area contributed by atoms with Crippen molar-refractivity contribution in [3.63, 3.8) is 0 Å². The van der Waals surface area contributed by atoms with Gasteiger partial charge in [-0.1, -0.05) is 18.5 Å². The normalized spacial score (nSPS) is 21.9. The summed E-state index contributed by atoms with van der Waals surface area (Å²) in [6.07, 6.45) is 1.83. The van der Waals surface area contributed by atoms with E-state index in [4.69, 9.17) is 11.6 Å². The lowest BCUT2D eigenvalue weighted by Crippen LogP contribution is -2.46. The Labute approximate surface area is 139 Å². The van der Waals surface area contributed by atoms with Gasteiger partial charge in [-0.25, -0.2) is 0 Å². The Morgan fingerprint density at radius 3 is 2.96 bits per heavy atom. The molecule has 23 heavy (non-hydrogen) atoms. The van der Waals surface area contributed by atoms with Gasteiger partial charge < -0.3 is 10.4 Å². The van der Waals surface area contributed by atoms with Crippen molar-refractivity contribution in [1.82, 2.24) is 4.90 Å². The summed E-state index contributed by atoms with van der Waals surface area (Å²) in [5, 5.41) is 23.3. The van der Waals surface area contributed by atoms with E-state index in [1.807, 2.05) is 11.8 Å². The van der Waals surface area contributed by atoms with Gasteiger partial charge in [-0.05, 0) is 31.5 Å². The Morgan fingerprint density at radius 1 is 1.57 bits per heavy atom. The zero-order valence-electron chi connectivity index (χ0n) is 12.9. The number of nitrogens with one attached hydrogen (secondary N) is 1. The number of carbonyl (C=O) groups is 1. The number of hydrogen-bond acceptors (Lipinski definition) is 5. The minimum absolute atomic E-state index is 0.0772. The van der Waals surface area contributed by atoms with Crippen molar-refractivity contribution in [3.05, 3.63) is 33.3 Å². The molecule has 2 rings (SSSR count). The van der Waals surface area contributed by atoms with Gasteiger partial charge in [0.05, 0.1) is 11.5 Å². The average molecular weight is 342 g/mol. The number of amides is 1. The number of piperidine rings is 1. The lowest BCUT2D eigenvalue weighted by molar-refractivity contribution is -0.383. The van der Waals surface area contributed by atoms with Gasteiger partial charge in [-0.2, -0.15) is 0 Å². The summed E-state index contributed by atoms with van der Waals surface area (Å²) in [6, 6.07) is 4.13. The molecule has 0 radical (unpaired) electrons. The third kappa shape index (κ3) is 4.63. The number of aliphatic hydroxyl groups is 1. The summed E-state index contributed by atoms with van der Waals surface area (Å²) >= 11 is 5.75. The monoisotopic (exact) mass is 341 g/mol. The summed E-state index contributed by atoms with van der Waals surface area (Å²) in [6.45, 7) is 3.59. The van der Waals surface area contributed by atoms with Crippen LogP contribution in [-0.2, 0) is 4.79 Å². The van der Waals surface area contributed by atoms with E-state index in [0.29, 0.717) is 6.54 Å². The van der Waals surface area contributed by atoms with Crippen LogP contribution >= 0.6 is 11.6 Å². The van der Waals surface area contributed by atoms with E-state index in [2.05, 4.69) is 5.32 Å². The predicted octanol–water partition coefficient (Wildman–Crippen LogP) is 2.28. The topological polar surface area (TPSA) is 95.7 Å². The van der Waals surface area contributed by atoms with E-state index in [-0.39, 0.29) is 40.9 Å². The number of carbonyl (C=O) groups excluding carboxylic acids is 1. The minimum atomic E-state index is -0.578. The van der Waals surface area contributed by atoms with Gasteiger partial charge in [0, 0.05) is 29.7 Å². The molecular formula is C15H20ClN3O4. The quantitative estimate of drug-likeness (QED) is 0.632. The number of hydrogen-bond donors (Lipinski definition) is 2. The minimum Gasteiger partial charge on any atom is -0.396 e. The number of likely N-dealkylation sites (tertiary alicyclic amines) is 1. The van der Waals surface area contributed by atoms with E-state index in [1.54, 1.807) is 0 Å². The molecule has 1 aromatic carbocycles. The average Bonchev–Trinajstić information content (AvgIpc) is 2.49. The van der Waals surface area contributed by atoms with Crippen LogP contribution in [0.5, 0.6) is 0 Å². The van der Waals surface area contributed by atoms with Crippen LogP contribution in [0.2, 0.25) is 5.02 Å². The van der Waals surface area contributed by atoms with Crippen molar-refractivity contribution in [2.45, 2.75) is 19.8 Å². The van der Waals surface area contributed by atoms with Crippen molar-refractivity contribution < 1.29 is 14.8 Å². The molecule has 8 heteroatoms. The van der Waals surface area contributed by atoms with Gasteiger partial charge in [-0.15, -0.1) is 0 Å². The van der Waals surface area contributed by atoms with E-state index < -0.39 is 4.92 Å². The lowest BCUT2D eigenvalue weighted by Gasteiger charge is -2.38. The van der Waals surface area contributed by atoms with Crippen molar-refractivity contribution in [3.8, 4) is 0 Å². The molecule has 2 N–H and O–H groups in total. The molecule has 1 aromatic rings. The summed E-state index contributed by atoms with van der Waals surface area (Å²) in [4.78, 5) is 24.6.